The molecule has 2 N–H and O–H groups in total. The number of nitrogens with two attached hydrogens (primary N) is 1. The number of nitrogens with zero attached hydrogens (tertiary/aromatic N) is 3. The first-order chi connectivity index (χ1) is 9.08. The van der Waals surface area contributed by atoms with Crippen LogP contribution in [0.15, 0.2) is 47.5 Å². The van der Waals surface area contributed by atoms with Crippen molar-refractivity contribution in [1.29, 1.82) is 0 Å². The summed E-state index contributed by atoms with van der Waals surface area (Å²) in [5, 5.41) is 10.6. The first kappa shape index (κ1) is 12.9. The molecule has 0 aliphatic heterocycles. The summed E-state index contributed by atoms with van der Waals surface area (Å²) in [6, 6.07) is 8.77. The number of aromatic nitrogens is 2. The highest BCUT2D eigenvalue weighted by Gasteiger charge is 2.12. The Bertz CT molecular complexity index is 639. The standard InChI is InChI=1S/C12H12N4O3/c13-11(9-4-2-1-3-5-9)8-15-7-10(16(18)19)6-14-12(15)17/h1-7,11H,8,13H2. The fraction of sp³-hybridized carbons (Fsp3) is 0.167. The Morgan fingerprint density at radius 3 is 2.68 bits per heavy atom. The van der Waals surface area contributed by atoms with Gasteiger partial charge in [0, 0.05) is 12.6 Å². The van der Waals surface area contributed by atoms with Gasteiger partial charge < -0.3 is 5.73 Å². The number of benzene rings is 1. The lowest BCUT2D eigenvalue weighted by molar-refractivity contribution is -0.385. The van der Waals surface area contributed by atoms with E-state index < -0.39 is 16.7 Å². The van der Waals surface area contributed by atoms with E-state index in [0.29, 0.717) is 0 Å². The van der Waals surface area contributed by atoms with E-state index >= 15 is 0 Å². The van der Waals surface area contributed by atoms with Crippen LogP contribution in [0.3, 0.4) is 0 Å². The molecule has 0 aliphatic rings. The topological polar surface area (TPSA) is 104 Å². The predicted octanol–water partition coefficient (Wildman–Crippen LogP) is 0.851. The van der Waals surface area contributed by atoms with Crippen molar-refractivity contribution in [1.82, 2.24) is 9.55 Å². The molecule has 1 heterocycles. The number of hydrogen-bond donors (Lipinski definition) is 1. The quantitative estimate of drug-likeness (QED) is 0.648. The summed E-state index contributed by atoms with van der Waals surface area (Å²) in [5.74, 6) is 0. The van der Waals surface area contributed by atoms with Crippen LogP contribution in [0.25, 0.3) is 0 Å². The molecule has 0 saturated heterocycles. The maximum absolute atomic E-state index is 11.5. The molecule has 0 saturated carbocycles. The van der Waals surface area contributed by atoms with E-state index in [4.69, 9.17) is 5.73 Å². The first-order valence-corrected chi connectivity index (χ1v) is 5.59. The van der Waals surface area contributed by atoms with Crippen LogP contribution < -0.4 is 11.4 Å². The van der Waals surface area contributed by atoms with Crippen LogP contribution in [0.1, 0.15) is 11.6 Å². The van der Waals surface area contributed by atoms with Crippen molar-refractivity contribution in [3.63, 3.8) is 0 Å². The van der Waals surface area contributed by atoms with E-state index in [-0.39, 0.29) is 12.2 Å². The molecule has 1 unspecified atom stereocenters. The molecular formula is C12H12N4O3. The molecule has 7 nitrogen and oxygen atoms in total. The van der Waals surface area contributed by atoms with E-state index in [2.05, 4.69) is 4.98 Å². The summed E-state index contributed by atoms with van der Waals surface area (Å²) >= 11 is 0. The second-order valence-corrected chi connectivity index (χ2v) is 4.02. The smallest absolute Gasteiger partial charge is 0.322 e. The maximum Gasteiger partial charge on any atom is 0.348 e. The van der Waals surface area contributed by atoms with Crippen LogP contribution in [-0.4, -0.2) is 14.5 Å². The van der Waals surface area contributed by atoms with Gasteiger partial charge in [0.05, 0.1) is 11.1 Å². The average molecular weight is 260 g/mol. The normalized spacial score (nSPS) is 12.1. The highest BCUT2D eigenvalue weighted by atomic mass is 16.6. The molecule has 1 aromatic heterocycles. The number of nitro groups is 1. The lowest BCUT2D eigenvalue weighted by atomic mass is 10.1. The molecule has 0 amide bonds. The number of hydrogen-bond acceptors (Lipinski definition) is 5. The first-order valence-electron chi connectivity index (χ1n) is 5.59. The highest BCUT2D eigenvalue weighted by molar-refractivity contribution is 5.21. The Labute approximate surface area is 108 Å². The highest BCUT2D eigenvalue weighted by Crippen LogP contribution is 2.12. The summed E-state index contributed by atoms with van der Waals surface area (Å²) < 4.78 is 1.15. The SMILES string of the molecule is NC(Cn1cc([N+](=O)[O-])cnc1=O)c1ccccc1. The fourth-order valence-electron chi connectivity index (χ4n) is 1.69. The third-order valence-corrected chi connectivity index (χ3v) is 2.67. The van der Waals surface area contributed by atoms with Crippen molar-refractivity contribution in [2.45, 2.75) is 12.6 Å². The molecule has 1 atom stereocenters. The molecule has 2 aromatic rings. The van der Waals surface area contributed by atoms with Crippen LogP contribution in [-0.2, 0) is 6.54 Å². The van der Waals surface area contributed by atoms with Gasteiger partial charge in [-0.3, -0.25) is 14.7 Å². The summed E-state index contributed by atoms with van der Waals surface area (Å²) in [5.41, 5.74) is 6.02. The maximum atomic E-state index is 11.5. The summed E-state index contributed by atoms with van der Waals surface area (Å²) in [6.07, 6.45) is 2.09. The largest absolute Gasteiger partial charge is 0.348 e. The molecule has 19 heavy (non-hydrogen) atoms. The van der Waals surface area contributed by atoms with Gasteiger partial charge in [-0.25, -0.2) is 4.79 Å². The second kappa shape index (κ2) is 5.40. The lowest BCUT2D eigenvalue weighted by Gasteiger charge is -2.13. The monoisotopic (exact) mass is 260 g/mol. The van der Waals surface area contributed by atoms with Gasteiger partial charge in [-0.15, -0.1) is 0 Å². The fourth-order valence-corrected chi connectivity index (χ4v) is 1.69. The van der Waals surface area contributed by atoms with Crippen LogP contribution >= 0.6 is 0 Å². The second-order valence-electron chi connectivity index (χ2n) is 4.02. The Balaban J connectivity index is 2.26. The van der Waals surface area contributed by atoms with Crippen molar-refractivity contribution < 1.29 is 4.92 Å². The third kappa shape index (κ3) is 3.02. The molecule has 2 rings (SSSR count). The van der Waals surface area contributed by atoms with Crippen LogP contribution in [0, 0.1) is 10.1 Å². The van der Waals surface area contributed by atoms with E-state index in [1.54, 1.807) is 0 Å². The molecule has 7 heteroatoms. The third-order valence-electron chi connectivity index (χ3n) is 2.67. The Kier molecular flexibility index (Phi) is 3.67. The minimum atomic E-state index is -0.600. The van der Waals surface area contributed by atoms with Crippen molar-refractivity contribution in [2.24, 2.45) is 5.73 Å². The Morgan fingerprint density at radius 2 is 2.05 bits per heavy atom. The molecule has 0 aliphatic carbocycles. The van der Waals surface area contributed by atoms with Crippen molar-refractivity contribution in [3.05, 3.63) is 68.9 Å². The van der Waals surface area contributed by atoms with Gasteiger partial charge in [-0.05, 0) is 5.56 Å². The lowest BCUT2D eigenvalue weighted by Crippen LogP contribution is -2.28. The van der Waals surface area contributed by atoms with Crippen LogP contribution in [0.4, 0.5) is 5.69 Å². The van der Waals surface area contributed by atoms with Crippen molar-refractivity contribution >= 4 is 5.69 Å². The van der Waals surface area contributed by atoms with Gasteiger partial charge in [0.2, 0.25) is 0 Å². The Hall–Kier alpha value is -2.54. The minimum absolute atomic E-state index is 0.136. The minimum Gasteiger partial charge on any atom is -0.322 e. The van der Waals surface area contributed by atoms with Gasteiger partial charge in [0.1, 0.15) is 6.20 Å². The van der Waals surface area contributed by atoms with Gasteiger partial charge in [-0.2, -0.15) is 4.98 Å². The number of rotatable bonds is 4. The zero-order valence-corrected chi connectivity index (χ0v) is 9.97. The zero-order valence-electron chi connectivity index (χ0n) is 9.97. The average Bonchev–Trinajstić information content (AvgIpc) is 2.42. The molecule has 0 radical (unpaired) electrons. The molecule has 0 bridgehead atoms. The van der Waals surface area contributed by atoms with E-state index in [1.807, 2.05) is 30.3 Å². The van der Waals surface area contributed by atoms with Crippen LogP contribution in [0.5, 0.6) is 0 Å². The van der Waals surface area contributed by atoms with Crippen LogP contribution in [0.2, 0.25) is 0 Å². The molecular weight excluding hydrogens is 248 g/mol. The Morgan fingerprint density at radius 1 is 1.37 bits per heavy atom. The van der Waals surface area contributed by atoms with Gasteiger partial charge in [0.25, 0.3) is 0 Å². The van der Waals surface area contributed by atoms with Gasteiger partial charge in [-0.1, -0.05) is 30.3 Å². The van der Waals surface area contributed by atoms with E-state index in [0.717, 1.165) is 22.5 Å². The van der Waals surface area contributed by atoms with E-state index in [9.17, 15) is 14.9 Å². The summed E-state index contributed by atoms with van der Waals surface area (Å²) in [6.45, 7) is 0.136. The van der Waals surface area contributed by atoms with E-state index in [1.165, 1.54) is 0 Å². The van der Waals surface area contributed by atoms with Gasteiger partial charge >= 0.3 is 11.4 Å². The van der Waals surface area contributed by atoms with Crippen molar-refractivity contribution in [2.75, 3.05) is 0 Å². The summed E-state index contributed by atoms with van der Waals surface area (Å²) in [7, 11) is 0. The molecule has 0 fully saturated rings. The summed E-state index contributed by atoms with van der Waals surface area (Å²) in [4.78, 5) is 25.0. The van der Waals surface area contributed by atoms with Crippen molar-refractivity contribution in [3.8, 4) is 0 Å². The molecule has 1 aromatic carbocycles. The molecule has 98 valence electrons. The zero-order chi connectivity index (χ0) is 13.8. The van der Waals surface area contributed by atoms with Gasteiger partial charge in [0.15, 0.2) is 0 Å². The molecule has 0 spiro atoms. The predicted molar refractivity (Wildman–Crippen MR) is 68.5 cm³/mol.